The summed E-state index contributed by atoms with van der Waals surface area (Å²) in [5.74, 6) is 1.44. The monoisotopic (exact) mass is 328 g/mol. The highest BCUT2D eigenvalue weighted by atomic mass is 16.5. The first kappa shape index (κ1) is 17.3. The second-order valence-corrected chi connectivity index (χ2v) is 4.90. The summed E-state index contributed by atoms with van der Waals surface area (Å²) >= 11 is 0. The van der Waals surface area contributed by atoms with Gasteiger partial charge in [0.1, 0.15) is 17.2 Å². The summed E-state index contributed by atoms with van der Waals surface area (Å²) < 4.78 is 15.7. The van der Waals surface area contributed by atoms with Crippen molar-refractivity contribution in [1.29, 1.82) is 0 Å². The molecule has 1 N–H and O–H groups in total. The Kier molecular flexibility index (Phi) is 5.78. The highest BCUT2D eigenvalue weighted by molar-refractivity contribution is 6.03. The Balaban J connectivity index is 2.21. The van der Waals surface area contributed by atoms with E-state index in [4.69, 9.17) is 14.2 Å². The zero-order valence-corrected chi connectivity index (χ0v) is 14.1. The maximum Gasteiger partial charge on any atom is 0.275 e. The zero-order valence-electron chi connectivity index (χ0n) is 14.1. The van der Waals surface area contributed by atoms with Gasteiger partial charge in [0.25, 0.3) is 5.91 Å². The van der Waals surface area contributed by atoms with Gasteiger partial charge in [-0.25, -0.2) is 5.43 Å². The van der Waals surface area contributed by atoms with Crippen LogP contribution in [0.5, 0.6) is 17.2 Å². The molecule has 0 unspecified atom stereocenters. The number of benzene rings is 2. The van der Waals surface area contributed by atoms with Gasteiger partial charge in [0.15, 0.2) is 0 Å². The summed E-state index contributed by atoms with van der Waals surface area (Å²) in [5.41, 5.74) is 4.32. The first-order chi connectivity index (χ1) is 11.6. The average Bonchev–Trinajstić information content (AvgIpc) is 2.65. The van der Waals surface area contributed by atoms with E-state index in [-0.39, 0.29) is 5.91 Å². The van der Waals surface area contributed by atoms with Gasteiger partial charge in [-0.2, -0.15) is 5.10 Å². The molecule has 0 heterocycles. The van der Waals surface area contributed by atoms with E-state index in [1.165, 1.54) is 7.11 Å². The summed E-state index contributed by atoms with van der Waals surface area (Å²) in [6, 6.07) is 12.3. The average molecular weight is 328 g/mol. The number of rotatable bonds is 6. The maximum absolute atomic E-state index is 12.3. The molecule has 2 rings (SSSR count). The minimum Gasteiger partial charge on any atom is -0.497 e. The maximum atomic E-state index is 12.3. The lowest BCUT2D eigenvalue weighted by atomic mass is 10.1. The molecule has 1 amide bonds. The number of nitrogens with one attached hydrogen (secondary N) is 1. The predicted molar refractivity (Wildman–Crippen MR) is 92.2 cm³/mol. The molecule has 2 aromatic rings. The van der Waals surface area contributed by atoms with Gasteiger partial charge < -0.3 is 14.2 Å². The predicted octanol–water partition coefficient (Wildman–Crippen LogP) is 2.87. The first-order valence-electron chi connectivity index (χ1n) is 7.30. The first-order valence-corrected chi connectivity index (χ1v) is 7.30. The molecule has 0 fully saturated rings. The fourth-order valence-electron chi connectivity index (χ4n) is 2.18. The van der Waals surface area contributed by atoms with E-state index in [0.717, 1.165) is 5.56 Å². The van der Waals surface area contributed by atoms with Crippen molar-refractivity contribution in [3.05, 3.63) is 53.6 Å². The van der Waals surface area contributed by atoms with Crippen molar-refractivity contribution in [2.24, 2.45) is 5.10 Å². The van der Waals surface area contributed by atoms with Crippen LogP contribution in [-0.4, -0.2) is 32.9 Å². The second kappa shape index (κ2) is 8.01. The van der Waals surface area contributed by atoms with Crippen molar-refractivity contribution in [2.45, 2.75) is 6.92 Å². The standard InChI is InChI=1S/C18H20N2O4/c1-12(14-10-9-13(22-2)11-17(14)24-4)19-20-18(21)15-7-5-6-8-16(15)23-3/h5-11H,1-4H3,(H,20,21)/b19-12+. The fourth-order valence-corrected chi connectivity index (χ4v) is 2.18. The van der Waals surface area contributed by atoms with Gasteiger partial charge >= 0.3 is 0 Å². The van der Waals surface area contributed by atoms with E-state index in [1.54, 1.807) is 57.5 Å². The normalized spacial score (nSPS) is 10.9. The van der Waals surface area contributed by atoms with Crippen LogP contribution in [0.3, 0.4) is 0 Å². The Morgan fingerprint density at radius 1 is 0.917 bits per heavy atom. The molecule has 0 bridgehead atoms. The number of para-hydroxylation sites is 1. The van der Waals surface area contributed by atoms with Crippen molar-refractivity contribution in [2.75, 3.05) is 21.3 Å². The minimum absolute atomic E-state index is 0.348. The molecule has 6 nitrogen and oxygen atoms in total. The summed E-state index contributed by atoms with van der Waals surface area (Å²) in [6.07, 6.45) is 0. The molecule has 0 atom stereocenters. The van der Waals surface area contributed by atoms with Crippen LogP contribution in [0.15, 0.2) is 47.6 Å². The molecule has 0 aliphatic heterocycles. The van der Waals surface area contributed by atoms with Crippen LogP contribution in [0, 0.1) is 0 Å². The number of hydrazone groups is 1. The topological polar surface area (TPSA) is 69.2 Å². The van der Waals surface area contributed by atoms with Crippen LogP contribution < -0.4 is 19.6 Å². The van der Waals surface area contributed by atoms with Crippen molar-refractivity contribution in [1.82, 2.24) is 5.43 Å². The zero-order chi connectivity index (χ0) is 17.5. The molecule has 0 spiro atoms. The highest BCUT2D eigenvalue weighted by Gasteiger charge is 2.12. The lowest BCUT2D eigenvalue weighted by molar-refractivity contribution is 0.0952. The number of carbonyl (C=O) groups excluding carboxylic acids is 1. The Hall–Kier alpha value is -3.02. The quantitative estimate of drug-likeness (QED) is 0.654. The third-order valence-electron chi connectivity index (χ3n) is 3.48. The molecule has 0 saturated carbocycles. The molecule has 24 heavy (non-hydrogen) atoms. The highest BCUT2D eigenvalue weighted by Crippen LogP contribution is 2.25. The van der Waals surface area contributed by atoms with Gasteiger partial charge in [0.05, 0.1) is 32.6 Å². The number of methoxy groups -OCH3 is 3. The number of amides is 1. The van der Waals surface area contributed by atoms with E-state index in [2.05, 4.69) is 10.5 Å². The Labute approximate surface area is 141 Å². The molecule has 2 aromatic carbocycles. The minimum atomic E-state index is -0.348. The van der Waals surface area contributed by atoms with Crippen LogP contribution in [0.25, 0.3) is 0 Å². The van der Waals surface area contributed by atoms with Gasteiger partial charge in [0, 0.05) is 11.6 Å². The van der Waals surface area contributed by atoms with E-state index >= 15 is 0 Å². The van der Waals surface area contributed by atoms with Crippen molar-refractivity contribution in [3.8, 4) is 17.2 Å². The third-order valence-corrected chi connectivity index (χ3v) is 3.48. The van der Waals surface area contributed by atoms with Crippen LogP contribution in [-0.2, 0) is 0 Å². The summed E-state index contributed by atoms with van der Waals surface area (Å²) in [6.45, 7) is 1.78. The van der Waals surface area contributed by atoms with Crippen LogP contribution >= 0.6 is 0 Å². The Morgan fingerprint density at radius 2 is 1.62 bits per heavy atom. The summed E-state index contributed by atoms with van der Waals surface area (Å²) in [7, 11) is 4.67. The molecule has 0 aromatic heterocycles. The smallest absolute Gasteiger partial charge is 0.275 e. The Morgan fingerprint density at radius 3 is 2.29 bits per heavy atom. The lowest BCUT2D eigenvalue weighted by Crippen LogP contribution is -2.20. The number of carbonyl (C=O) groups is 1. The largest absolute Gasteiger partial charge is 0.497 e. The molecular weight excluding hydrogens is 308 g/mol. The second-order valence-electron chi connectivity index (χ2n) is 4.90. The van der Waals surface area contributed by atoms with Crippen LogP contribution in [0.1, 0.15) is 22.8 Å². The van der Waals surface area contributed by atoms with E-state index in [9.17, 15) is 4.79 Å². The third kappa shape index (κ3) is 3.84. The van der Waals surface area contributed by atoms with Crippen LogP contribution in [0.2, 0.25) is 0 Å². The van der Waals surface area contributed by atoms with Gasteiger partial charge in [-0.1, -0.05) is 12.1 Å². The van der Waals surface area contributed by atoms with Crippen molar-refractivity contribution < 1.29 is 19.0 Å². The SMILES string of the molecule is COc1ccc(/C(C)=N/NC(=O)c2ccccc2OC)c(OC)c1. The van der Waals surface area contributed by atoms with Gasteiger partial charge in [-0.3, -0.25) is 4.79 Å². The summed E-state index contributed by atoms with van der Waals surface area (Å²) in [4.78, 5) is 12.3. The van der Waals surface area contributed by atoms with Gasteiger partial charge in [0.2, 0.25) is 0 Å². The molecule has 6 heteroatoms. The van der Waals surface area contributed by atoms with Gasteiger partial charge in [-0.05, 0) is 31.2 Å². The fraction of sp³-hybridized carbons (Fsp3) is 0.222. The molecule has 0 radical (unpaired) electrons. The van der Waals surface area contributed by atoms with E-state index in [1.807, 2.05) is 6.07 Å². The number of hydrogen-bond donors (Lipinski definition) is 1. The molecular formula is C18H20N2O4. The van der Waals surface area contributed by atoms with Crippen molar-refractivity contribution >= 4 is 11.6 Å². The molecule has 0 aliphatic carbocycles. The lowest BCUT2D eigenvalue weighted by Gasteiger charge is -2.11. The number of nitrogens with zero attached hydrogens (tertiary/aromatic N) is 1. The van der Waals surface area contributed by atoms with Crippen LogP contribution in [0.4, 0.5) is 0 Å². The summed E-state index contributed by atoms with van der Waals surface area (Å²) in [5, 5.41) is 4.15. The van der Waals surface area contributed by atoms with E-state index < -0.39 is 0 Å². The molecule has 0 aliphatic rings. The van der Waals surface area contributed by atoms with Gasteiger partial charge in [-0.15, -0.1) is 0 Å². The number of hydrogen-bond acceptors (Lipinski definition) is 5. The van der Waals surface area contributed by atoms with Crippen molar-refractivity contribution in [3.63, 3.8) is 0 Å². The Bertz CT molecular complexity index is 756. The molecule has 126 valence electrons. The number of ether oxygens (including phenoxy) is 3. The van der Waals surface area contributed by atoms with E-state index in [0.29, 0.717) is 28.5 Å². The molecule has 0 saturated heterocycles.